The van der Waals surface area contributed by atoms with Crippen LogP contribution >= 0.6 is 0 Å². The first-order valence-corrected chi connectivity index (χ1v) is 6.49. The van der Waals surface area contributed by atoms with Crippen LogP contribution in [0.2, 0.25) is 0 Å². The quantitative estimate of drug-likeness (QED) is 0.695. The van der Waals surface area contributed by atoms with Crippen LogP contribution in [0.25, 0.3) is 0 Å². The van der Waals surface area contributed by atoms with E-state index in [0.29, 0.717) is 13.2 Å². The Bertz CT molecular complexity index is 274. The van der Waals surface area contributed by atoms with Gasteiger partial charge < -0.3 is 9.47 Å². The van der Waals surface area contributed by atoms with Gasteiger partial charge in [-0.1, -0.05) is 13.8 Å². The van der Waals surface area contributed by atoms with Gasteiger partial charge in [-0.15, -0.1) is 0 Å². The van der Waals surface area contributed by atoms with Crippen LogP contribution in [0, 0.1) is 5.41 Å². The summed E-state index contributed by atoms with van der Waals surface area (Å²) in [6.45, 7) is 6.31. The maximum absolute atomic E-state index is 10.9. The third-order valence-corrected chi connectivity index (χ3v) is 2.94. The Balaban J connectivity index is 4.04. The monoisotopic (exact) mass is 239 g/mol. The zero-order valence-corrected chi connectivity index (χ0v) is 10.6. The van der Waals surface area contributed by atoms with Gasteiger partial charge in [-0.2, -0.15) is 0 Å². The summed E-state index contributed by atoms with van der Waals surface area (Å²) in [6.07, 6.45) is -0.0465. The smallest absolute Gasteiger partial charge is 0.209 e. The molecule has 0 heterocycles. The number of nitrogens with two attached hydrogens (primary N) is 1. The molecule has 1 atom stereocenters. The van der Waals surface area contributed by atoms with Gasteiger partial charge in [0.2, 0.25) is 10.0 Å². The minimum atomic E-state index is -3.45. The summed E-state index contributed by atoms with van der Waals surface area (Å²) in [5.41, 5.74) is -0.477. The molecule has 0 aromatic heterocycles. The molecule has 2 N–H and O–H groups in total. The second-order valence-electron chi connectivity index (χ2n) is 4.55. The molecule has 0 fully saturated rings. The van der Waals surface area contributed by atoms with Crippen molar-refractivity contribution in [3.63, 3.8) is 0 Å². The Morgan fingerprint density at radius 3 is 2.33 bits per heavy atom. The summed E-state index contributed by atoms with van der Waals surface area (Å²) in [6, 6.07) is 0. The summed E-state index contributed by atoms with van der Waals surface area (Å²) in [5, 5.41) is 4.98. The van der Waals surface area contributed by atoms with Crippen molar-refractivity contribution in [2.75, 3.05) is 26.1 Å². The zero-order chi connectivity index (χ0) is 12.1. The fourth-order valence-corrected chi connectivity index (χ4v) is 2.41. The summed E-state index contributed by atoms with van der Waals surface area (Å²) in [5.74, 6) is -0.0836. The van der Waals surface area contributed by atoms with E-state index in [1.54, 1.807) is 21.0 Å². The van der Waals surface area contributed by atoms with Gasteiger partial charge in [0.05, 0.1) is 25.1 Å². The first-order valence-electron chi connectivity index (χ1n) is 4.77. The second-order valence-corrected chi connectivity index (χ2v) is 6.16. The van der Waals surface area contributed by atoms with Gasteiger partial charge in [0.25, 0.3) is 0 Å². The number of sulfonamides is 1. The molecule has 1 unspecified atom stereocenters. The van der Waals surface area contributed by atoms with Crippen LogP contribution in [0.15, 0.2) is 0 Å². The fraction of sp³-hybridized carbons (Fsp3) is 1.00. The van der Waals surface area contributed by atoms with E-state index in [2.05, 4.69) is 0 Å². The molecule has 0 aliphatic heterocycles. The third kappa shape index (κ3) is 8.80. The van der Waals surface area contributed by atoms with E-state index < -0.39 is 15.4 Å². The van der Waals surface area contributed by atoms with Gasteiger partial charge in [-0.3, -0.25) is 0 Å². The number of methoxy groups -OCH3 is 1. The largest absolute Gasteiger partial charge is 0.382 e. The van der Waals surface area contributed by atoms with Crippen molar-refractivity contribution in [3.05, 3.63) is 0 Å². The molecule has 0 aliphatic carbocycles. The van der Waals surface area contributed by atoms with Gasteiger partial charge in [-0.05, 0) is 6.92 Å². The van der Waals surface area contributed by atoms with Crippen LogP contribution in [0.1, 0.15) is 20.8 Å². The predicted octanol–water partition coefficient (Wildman–Crippen LogP) is 0.353. The van der Waals surface area contributed by atoms with E-state index in [9.17, 15) is 8.42 Å². The van der Waals surface area contributed by atoms with Crippen LogP contribution in [-0.4, -0.2) is 40.6 Å². The molecule has 15 heavy (non-hydrogen) atoms. The van der Waals surface area contributed by atoms with E-state index in [0.717, 1.165) is 0 Å². The molecule has 0 saturated heterocycles. The molecule has 92 valence electrons. The Hall–Kier alpha value is -0.170. The Kier molecular flexibility index (Phi) is 5.72. The summed E-state index contributed by atoms with van der Waals surface area (Å²) in [4.78, 5) is 0. The lowest BCUT2D eigenvalue weighted by Crippen LogP contribution is -2.34. The SMILES string of the molecule is COCC(C)OCC(C)(C)CS(N)(=O)=O. The average Bonchev–Trinajstić information content (AvgIpc) is 1.97. The highest BCUT2D eigenvalue weighted by Crippen LogP contribution is 2.18. The number of hydrogen-bond acceptors (Lipinski definition) is 4. The molecule has 0 rings (SSSR count). The first-order chi connectivity index (χ1) is 6.66. The average molecular weight is 239 g/mol. The summed E-state index contributed by atoms with van der Waals surface area (Å²) < 4.78 is 32.2. The summed E-state index contributed by atoms with van der Waals surface area (Å²) in [7, 11) is -1.86. The lowest BCUT2D eigenvalue weighted by molar-refractivity contribution is -0.0200. The Morgan fingerprint density at radius 1 is 1.40 bits per heavy atom. The second kappa shape index (κ2) is 5.79. The third-order valence-electron chi connectivity index (χ3n) is 1.75. The molecule has 0 aromatic rings. The van der Waals surface area contributed by atoms with E-state index >= 15 is 0 Å². The maximum Gasteiger partial charge on any atom is 0.209 e. The highest BCUT2D eigenvalue weighted by molar-refractivity contribution is 7.89. The summed E-state index contributed by atoms with van der Waals surface area (Å²) >= 11 is 0. The number of rotatable bonds is 7. The van der Waals surface area contributed by atoms with Crippen LogP contribution in [-0.2, 0) is 19.5 Å². The van der Waals surface area contributed by atoms with Gasteiger partial charge in [0.1, 0.15) is 0 Å². The van der Waals surface area contributed by atoms with Crippen molar-refractivity contribution < 1.29 is 17.9 Å². The standard InChI is InChI=1S/C9H21NO4S/c1-8(5-13-4)14-6-9(2,3)7-15(10,11)12/h8H,5-7H2,1-4H3,(H2,10,11,12). The van der Waals surface area contributed by atoms with E-state index in [4.69, 9.17) is 14.6 Å². The molecule has 0 saturated carbocycles. The fourth-order valence-electron chi connectivity index (χ4n) is 1.24. The molecule has 0 aliphatic rings. The Morgan fingerprint density at radius 2 is 1.93 bits per heavy atom. The first kappa shape index (κ1) is 14.8. The van der Waals surface area contributed by atoms with Crippen molar-refractivity contribution in [1.29, 1.82) is 0 Å². The van der Waals surface area contributed by atoms with E-state index in [1.807, 2.05) is 6.92 Å². The van der Waals surface area contributed by atoms with Crippen LogP contribution < -0.4 is 5.14 Å². The number of hydrogen-bond donors (Lipinski definition) is 1. The topological polar surface area (TPSA) is 78.6 Å². The van der Waals surface area contributed by atoms with Crippen molar-refractivity contribution >= 4 is 10.0 Å². The minimum absolute atomic E-state index is 0.0465. The van der Waals surface area contributed by atoms with Crippen molar-refractivity contribution in [1.82, 2.24) is 0 Å². The molecule has 5 nitrogen and oxygen atoms in total. The van der Waals surface area contributed by atoms with Crippen LogP contribution in [0.3, 0.4) is 0 Å². The molecule has 0 radical (unpaired) electrons. The number of ether oxygens (including phenoxy) is 2. The minimum Gasteiger partial charge on any atom is -0.382 e. The van der Waals surface area contributed by atoms with Gasteiger partial charge in [0, 0.05) is 12.5 Å². The Labute approximate surface area is 92.0 Å². The highest BCUT2D eigenvalue weighted by Gasteiger charge is 2.25. The predicted molar refractivity (Wildman–Crippen MR) is 59.0 cm³/mol. The van der Waals surface area contributed by atoms with Crippen LogP contribution in [0.5, 0.6) is 0 Å². The lowest BCUT2D eigenvalue weighted by Gasteiger charge is -2.25. The molecule has 6 heteroatoms. The zero-order valence-electron chi connectivity index (χ0n) is 9.82. The lowest BCUT2D eigenvalue weighted by atomic mass is 9.98. The van der Waals surface area contributed by atoms with Gasteiger partial charge in [-0.25, -0.2) is 13.6 Å². The van der Waals surface area contributed by atoms with Crippen LogP contribution in [0.4, 0.5) is 0 Å². The van der Waals surface area contributed by atoms with Crippen molar-refractivity contribution in [2.45, 2.75) is 26.9 Å². The van der Waals surface area contributed by atoms with Gasteiger partial charge >= 0.3 is 0 Å². The molecule has 0 spiro atoms. The van der Waals surface area contributed by atoms with E-state index in [-0.39, 0.29) is 11.9 Å². The molecular weight excluding hydrogens is 218 g/mol. The molecule has 0 amide bonds. The highest BCUT2D eigenvalue weighted by atomic mass is 32.2. The molecular formula is C9H21NO4S. The van der Waals surface area contributed by atoms with Gasteiger partial charge in [0.15, 0.2) is 0 Å². The number of primary sulfonamides is 1. The molecule has 0 bridgehead atoms. The maximum atomic E-state index is 10.9. The molecule has 0 aromatic carbocycles. The normalized spacial score (nSPS) is 15.3. The van der Waals surface area contributed by atoms with Crippen molar-refractivity contribution in [3.8, 4) is 0 Å². The van der Waals surface area contributed by atoms with Crippen molar-refractivity contribution in [2.24, 2.45) is 10.6 Å². The van der Waals surface area contributed by atoms with E-state index in [1.165, 1.54) is 0 Å².